The molecule has 1 unspecified atom stereocenters. The van der Waals surface area contributed by atoms with Crippen molar-refractivity contribution in [1.82, 2.24) is 10.6 Å². The molecule has 0 aromatic carbocycles. The summed E-state index contributed by atoms with van der Waals surface area (Å²) >= 11 is 0. The molecule has 10 heavy (non-hydrogen) atoms. The largest absolute Gasteiger partial charge is 0.314 e. The van der Waals surface area contributed by atoms with Crippen molar-refractivity contribution in [2.24, 2.45) is 0 Å². The molecule has 0 aliphatic carbocycles. The van der Waals surface area contributed by atoms with Gasteiger partial charge in [-0.3, -0.25) is 0 Å². The van der Waals surface area contributed by atoms with Crippen LogP contribution >= 0.6 is 0 Å². The van der Waals surface area contributed by atoms with Crippen molar-refractivity contribution < 1.29 is 0 Å². The third-order valence-corrected chi connectivity index (χ3v) is 1.99. The lowest BCUT2D eigenvalue weighted by molar-refractivity contribution is 0.452. The van der Waals surface area contributed by atoms with E-state index >= 15 is 0 Å². The summed E-state index contributed by atoms with van der Waals surface area (Å²) < 4.78 is 0. The van der Waals surface area contributed by atoms with Crippen LogP contribution in [0.5, 0.6) is 0 Å². The number of nitrogens with one attached hydrogen (secondary N) is 2. The van der Waals surface area contributed by atoms with Crippen LogP contribution in [0, 0.1) is 0 Å². The molecule has 0 saturated carbocycles. The van der Waals surface area contributed by atoms with Gasteiger partial charge in [-0.05, 0) is 6.42 Å². The van der Waals surface area contributed by atoms with E-state index in [-0.39, 0.29) is 0 Å². The Balaban J connectivity index is 2.31. The minimum Gasteiger partial charge on any atom is -0.314 e. The van der Waals surface area contributed by atoms with E-state index in [1.165, 1.54) is 5.57 Å². The number of hydrogen-bond acceptors (Lipinski definition) is 2. The van der Waals surface area contributed by atoms with Crippen LogP contribution in [0.25, 0.3) is 0 Å². The highest BCUT2D eigenvalue weighted by Crippen LogP contribution is 2.04. The van der Waals surface area contributed by atoms with Gasteiger partial charge in [0.05, 0.1) is 0 Å². The molecule has 0 spiro atoms. The van der Waals surface area contributed by atoms with Gasteiger partial charge < -0.3 is 10.6 Å². The van der Waals surface area contributed by atoms with Crippen LogP contribution in [-0.2, 0) is 0 Å². The Labute approximate surface area is 62.7 Å². The van der Waals surface area contributed by atoms with E-state index in [0.29, 0.717) is 6.04 Å². The number of rotatable bonds is 2. The highest BCUT2D eigenvalue weighted by molar-refractivity contribution is 5.06. The molecule has 2 nitrogen and oxygen atoms in total. The van der Waals surface area contributed by atoms with Crippen LogP contribution in [0.15, 0.2) is 12.2 Å². The van der Waals surface area contributed by atoms with Gasteiger partial charge in [0, 0.05) is 25.7 Å². The highest BCUT2D eigenvalue weighted by atomic mass is 15.1. The summed E-state index contributed by atoms with van der Waals surface area (Å²) in [6.45, 7) is 9.36. The summed E-state index contributed by atoms with van der Waals surface area (Å²) in [4.78, 5) is 0. The average Bonchev–Trinajstić information content (AvgIpc) is 2.05. The number of piperazine rings is 1. The molecule has 0 aromatic heterocycles. The zero-order valence-electron chi connectivity index (χ0n) is 6.61. The summed E-state index contributed by atoms with van der Waals surface area (Å²) in [5.41, 5.74) is 1.31. The van der Waals surface area contributed by atoms with Gasteiger partial charge in [-0.25, -0.2) is 0 Å². The van der Waals surface area contributed by atoms with Gasteiger partial charge in [-0.2, -0.15) is 0 Å². The Morgan fingerprint density at radius 3 is 2.90 bits per heavy atom. The third-order valence-electron chi connectivity index (χ3n) is 1.99. The summed E-state index contributed by atoms with van der Waals surface area (Å²) in [6, 6.07) is 0.513. The molecule has 1 fully saturated rings. The molecular weight excluding hydrogens is 124 g/mol. The van der Waals surface area contributed by atoms with Gasteiger partial charge in [-0.15, -0.1) is 0 Å². The SMILES string of the molecule is C=C(CC)C1CNCCN1. The summed E-state index contributed by atoms with van der Waals surface area (Å²) in [5, 5.41) is 6.73. The Morgan fingerprint density at radius 1 is 1.60 bits per heavy atom. The molecule has 1 saturated heterocycles. The maximum atomic E-state index is 3.99. The normalized spacial score (nSPS) is 26.3. The second-order valence-corrected chi connectivity index (χ2v) is 2.72. The lowest BCUT2D eigenvalue weighted by Gasteiger charge is -2.25. The fourth-order valence-electron chi connectivity index (χ4n) is 1.19. The van der Waals surface area contributed by atoms with Crippen LogP contribution in [-0.4, -0.2) is 25.7 Å². The standard InChI is InChI=1S/C8H16N2/c1-3-7(2)8-6-9-4-5-10-8/h8-10H,2-6H2,1H3. The van der Waals surface area contributed by atoms with Gasteiger partial charge in [0.15, 0.2) is 0 Å². The second-order valence-electron chi connectivity index (χ2n) is 2.72. The Bertz CT molecular complexity index is 114. The Hall–Kier alpha value is -0.340. The number of hydrogen-bond donors (Lipinski definition) is 2. The van der Waals surface area contributed by atoms with E-state index in [9.17, 15) is 0 Å². The van der Waals surface area contributed by atoms with Gasteiger partial charge in [0.25, 0.3) is 0 Å². The maximum Gasteiger partial charge on any atom is 0.0403 e. The first kappa shape index (κ1) is 7.76. The molecule has 0 radical (unpaired) electrons. The fraction of sp³-hybridized carbons (Fsp3) is 0.750. The van der Waals surface area contributed by atoms with E-state index in [4.69, 9.17) is 0 Å². The van der Waals surface area contributed by atoms with Crippen molar-refractivity contribution in [3.8, 4) is 0 Å². The highest BCUT2D eigenvalue weighted by Gasteiger charge is 2.12. The van der Waals surface area contributed by atoms with Crippen molar-refractivity contribution >= 4 is 0 Å². The minimum atomic E-state index is 0.513. The van der Waals surface area contributed by atoms with Crippen LogP contribution in [0.2, 0.25) is 0 Å². The quantitative estimate of drug-likeness (QED) is 0.546. The molecule has 1 rings (SSSR count). The molecule has 1 atom stereocenters. The van der Waals surface area contributed by atoms with Crippen molar-refractivity contribution in [2.45, 2.75) is 19.4 Å². The molecule has 0 aromatic rings. The van der Waals surface area contributed by atoms with E-state index in [0.717, 1.165) is 26.1 Å². The Kier molecular flexibility index (Phi) is 2.90. The lowest BCUT2D eigenvalue weighted by Crippen LogP contribution is -2.48. The van der Waals surface area contributed by atoms with Gasteiger partial charge in [0.2, 0.25) is 0 Å². The first-order valence-corrected chi connectivity index (χ1v) is 3.96. The molecule has 1 aliphatic rings. The summed E-state index contributed by atoms with van der Waals surface area (Å²) in [6.07, 6.45) is 1.08. The zero-order valence-corrected chi connectivity index (χ0v) is 6.61. The first-order chi connectivity index (χ1) is 4.84. The lowest BCUT2D eigenvalue weighted by atomic mass is 10.1. The first-order valence-electron chi connectivity index (χ1n) is 3.96. The van der Waals surface area contributed by atoms with Crippen molar-refractivity contribution in [3.05, 3.63) is 12.2 Å². The Morgan fingerprint density at radius 2 is 2.40 bits per heavy atom. The predicted molar refractivity (Wildman–Crippen MR) is 44.1 cm³/mol. The van der Waals surface area contributed by atoms with Crippen LogP contribution in [0.4, 0.5) is 0 Å². The van der Waals surface area contributed by atoms with Crippen molar-refractivity contribution in [2.75, 3.05) is 19.6 Å². The molecular formula is C8H16N2. The molecule has 2 heteroatoms. The smallest absolute Gasteiger partial charge is 0.0403 e. The van der Waals surface area contributed by atoms with Crippen LogP contribution < -0.4 is 10.6 Å². The minimum absolute atomic E-state index is 0.513. The van der Waals surface area contributed by atoms with E-state index in [2.05, 4.69) is 24.1 Å². The second kappa shape index (κ2) is 3.74. The van der Waals surface area contributed by atoms with Gasteiger partial charge in [-0.1, -0.05) is 19.1 Å². The van der Waals surface area contributed by atoms with Crippen molar-refractivity contribution in [1.29, 1.82) is 0 Å². The van der Waals surface area contributed by atoms with Crippen LogP contribution in [0.3, 0.4) is 0 Å². The molecule has 58 valence electrons. The maximum absolute atomic E-state index is 3.99. The topological polar surface area (TPSA) is 24.1 Å². The molecule has 1 aliphatic heterocycles. The van der Waals surface area contributed by atoms with Gasteiger partial charge in [0.1, 0.15) is 0 Å². The van der Waals surface area contributed by atoms with Crippen molar-refractivity contribution in [3.63, 3.8) is 0 Å². The van der Waals surface area contributed by atoms with Gasteiger partial charge >= 0.3 is 0 Å². The van der Waals surface area contributed by atoms with E-state index in [1.54, 1.807) is 0 Å². The van der Waals surface area contributed by atoms with Crippen LogP contribution in [0.1, 0.15) is 13.3 Å². The average molecular weight is 140 g/mol. The summed E-state index contributed by atoms with van der Waals surface area (Å²) in [7, 11) is 0. The van der Waals surface area contributed by atoms with E-state index < -0.39 is 0 Å². The zero-order chi connectivity index (χ0) is 7.40. The molecule has 1 heterocycles. The third kappa shape index (κ3) is 1.82. The molecule has 0 bridgehead atoms. The monoisotopic (exact) mass is 140 g/mol. The summed E-state index contributed by atoms with van der Waals surface area (Å²) in [5.74, 6) is 0. The molecule has 2 N–H and O–H groups in total. The molecule has 0 amide bonds. The van der Waals surface area contributed by atoms with E-state index in [1.807, 2.05) is 0 Å². The fourth-order valence-corrected chi connectivity index (χ4v) is 1.19. The predicted octanol–water partition coefficient (Wildman–Crippen LogP) is 0.514.